The minimum Gasteiger partial charge on any atom is -0.421 e. The van der Waals surface area contributed by atoms with Gasteiger partial charge >= 0.3 is 15.2 Å². The molecule has 33 heavy (non-hydrogen) atoms. The Bertz CT molecular complexity index is 1090. The molecule has 2 atom stereocenters. The third-order valence-electron chi connectivity index (χ3n) is 4.11. The summed E-state index contributed by atoms with van der Waals surface area (Å²) in [6, 6.07) is 33.9. The minimum atomic E-state index is -3.77. The Morgan fingerprint density at radius 1 is 0.455 bits per heavy atom. The van der Waals surface area contributed by atoms with Gasteiger partial charge in [-0.3, -0.25) is 0 Å². The predicted molar refractivity (Wildman–Crippen MR) is 130 cm³/mol. The Hall–Kier alpha value is -3.18. The van der Waals surface area contributed by atoms with Crippen LogP contribution < -0.4 is 19.7 Å². The number of rotatable bonds is 6. The lowest BCUT2D eigenvalue weighted by Gasteiger charge is -2.12. The third-order valence-corrected chi connectivity index (χ3v) is 6.93. The SMILES string of the molecule is O.O=P(O)(Oc1ccccc1)c1ccccc1.O=P(O)(Oc1ccccc1)c1ccccc1. The van der Waals surface area contributed by atoms with Crippen LogP contribution in [0.4, 0.5) is 0 Å². The van der Waals surface area contributed by atoms with Crippen LogP contribution in [0.1, 0.15) is 0 Å². The van der Waals surface area contributed by atoms with Crippen LogP contribution in [0.3, 0.4) is 0 Å². The van der Waals surface area contributed by atoms with Crippen molar-refractivity contribution in [3.8, 4) is 11.5 Å². The highest BCUT2D eigenvalue weighted by atomic mass is 31.2. The standard InChI is InChI=1S/2C12H11O3P.H2O/c2*13-16(14,12-9-5-2-6-10-12)15-11-7-3-1-4-8-11;/h2*1-10H,(H,13,14);1H2. The van der Waals surface area contributed by atoms with Crippen LogP contribution in [0, 0.1) is 0 Å². The fourth-order valence-corrected chi connectivity index (χ4v) is 4.71. The first-order valence-corrected chi connectivity index (χ1v) is 12.8. The molecular weight excluding hydrogens is 462 g/mol. The summed E-state index contributed by atoms with van der Waals surface area (Å²) in [6.07, 6.45) is 0. The van der Waals surface area contributed by atoms with Crippen molar-refractivity contribution in [2.75, 3.05) is 0 Å². The Labute approximate surface area is 192 Å². The van der Waals surface area contributed by atoms with Gasteiger partial charge in [0.1, 0.15) is 11.5 Å². The van der Waals surface area contributed by atoms with Gasteiger partial charge in [0.2, 0.25) is 0 Å². The van der Waals surface area contributed by atoms with Gasteiger partial charge in [-0.15, -0.1) is 0 Å². The van der Waals surface area contributed by atoms with Gasteiger partial charge in [0.05, 0.1) is 10.6 Å². The molecular formula is C24H24O7P2. The second-order valence-corrected chi connectivity index (χ2v) is 10.0. The molecule has 172 valence electrons. The fourth-order valence-electron chi connectivity index (χ4n) is 2.59. The van der Waals surface area contributed by atoms with Gasteiger partial charge in [0.15, 0.2) is 0 Å². The summed E-state index contributed by atoms with van der Waals surface area (Å²) >= 11 is 0. The maximum absolute atomic E-state index is 11.9. The second kappa shape index (κ2) is 12.2. The van der Waals surface area contributed by atoms with Crippen LogP contribution in [-0.4, -0.2) is 15.3 Å². The molecule has 2 unspecified atom stereocenters. The highest BCUT2D eigenvalue weighted by Crippen LogP contribution is 2.42. The van der Waals surface area contributed by atoms with Crippen molar-refractivity contribution >= 4 is 25.8 Å². The lowest BCUT2D eigenvalue weighted by molar-refractivity contribution is 0.391. The monoisotopic (exact) mass is 486 g/mol. The van der Waals surface area contributed by atoms with E-state index in [1.54, 1.807) is 109 Å². The summed E-state index contributed by atoms with van der Waals surface area (Å²) in [5, 5.41) is 0.581. The molecule has 0 fully saturated rings. The summed E-state index contributed by atoms with van der Waals surface area (Å²) in [5.41, 5.74) is 0. The van der Waals surface area contributed by atoms with Crippen LogP contribution in [-0.2, 0) is 9.13 Å². The first-order chi connectivity index (χ1) is 15.4. The first kappa shape index (κ1) is 26.1. The molecule has 0 aliphatic rings. The van der Waals surface area contributed by atoms with Crippen molar-refractivity contribution in [3.63, 3.8) is 0 Å². The summed E-state index contributed by atoms with van der Waals surface area (Å²) in [7, 11) is -7.53. The lowest BCUT2D eigenvalue weighted by atomic mass is 10.3. The highest BCUT2D eigenvalue weighted by molar-refractivity contribution is 7.61. The first-order valence-electron chi connectivity index (χ1n) is 9.63. The highest BCUT2D eigenvalue weighted by Gasteiger charge is 2.24. The fraction of sp³-hybridized carbons (Fsp3) is 0. The van der Waals surface area contributed by atoms with Gasteiger partial charge in [-0.05, 0) is 48.5 Å². The lowest BCUT2D eigenvalue weighted by Crippen LogP contribution is -2.08. The molecule has 4 aromatic rings. The maximum Gasteiger partial charge on any atom is 0.408 e. The van der Waals surface area contributed by atoms with E-state index in [9.17, 15) is 18.9 Å². The number of benzene rings is 4. The molecule has 7 nitrogen and oxygen atoms in total. The molecule has 0 aliphatic heterocycles. The van der Waals surface area contributed by atoms with Gasteiger partial charge in [0, 0.05) is 0 Å². The third kappa shape index (κ3) is 8.03. The molecule has 0 amide bonds. The van der Waals surface area contributed by atoms with E-state index in [0.29, 0.717) is 22.1 Å². The molecule has 0 heterocycles. The van der Waals surface area contributed by atoms with Crippen molar-refractivity contribution in [2.45, 2.75) is 0 Å². The van der Waals surface area contributed by atoms with Crippen molar-refractivity contribution < 1.29 is 33.4 Å². The Kier molecular flexibility index (Phi) is 9.61. The van der Waals surface area contributed by atoms with Crippen molar-refractivity contribution in [3.05, 3.63) is 121 Å². The molecule has 0 aliphatic carbocycles. The van der Waals surface area contributed by atoms with Crippen LogP contribution in [0.25, 0.3) is 0 Å². The van der Waals surface area contributed by atoms with Gasteiger partial charge in [-0.25, -0.2) is 9.13 Å². The molecule has 0 saturated heterocycles. The van der Waals surface area contributed by atoms with E-state index in [4.69, 9.17) is 9.05 Å². The predicted octanol–water partition coefficient (Wildman–Crippen LogP) is 4.33. The Morgan fingerprint density at radius 2 is 0.697 bits per heavy atom. The molecule has 4 rings (SSSR count). The van der Waals surface area contributed by atoms with Gasteiger partial charge in [-0.2, -0.15) is 0 Å². The topological polar surface area (TPSA) is 125 Å². The van der Waals surface area contributed by atoms with Crippen molar-refractivity contribution in [1.82, 2.24) is 0 Å². The van der Waals surface area contributed by atoms with Crippen molar-refractivity contribution in [1.29, 1.82) is 0 Å². The summed E-state index contributed by atoms with van der Waals surface area (Å²) < 4.78 is 34.0. The van der Waals surface area contributed by atoms with Crippen LogP contribution >= 0.6 is 15.2 Å². The molecule has 0 aromatic heterocycles. The van der Waals surface area contributed by atoms with Gasteiger partial charge in [-0.1, -0.05) is 72.8 Å². The van der Waals surface area contributed by atoms with E-state index in [0.717, 1.165) is 0 Å². The zero-order valence-corrected chi connectivity index (χ0v) is 19.3. The second-order valence-electron chi connectivity index (χ2n) is 6.52. The van der Waals surface area contributed by atoms with Gasteiger partial charge < -0.3 is 24.3 Å². The van der Waals surface area contributed by atoms with Crippen molar-refractivity contribution in [2.24, 2.45) is 0 Å². The van der Waals surface area contributed by atoms with Crippen LogP contribution in [0.15, 0.2) is 121 Å². The molecule has 4 aromatic carbocycles. The molecule has 4 N–H and O–H groups in total. The van der Waals surface area contributed by atoms with E-state index in [-0.39, 0.29) is 5.48 Å². The normalized spacial score (nSPS) is 13.6. The molecule has 0 saturated carbocycles. The summed E-state index contributed by atoms with van der Waals surface area (Å²) in [6.45, 7) is 0. The molecule has 0 radical (unpaired) electrons. The average Bonchev–Trinajstić information content (AvgIpc) is 2.81. The maximum atomic E-state index is 11.9. The van der Waals surface area contributed by atoms with Gasteiger partial charge in [0.25, 0.3) is 0 Å². The van der Waals surface area contributed by atoms with E-state index in [2.05, 4.69) is 0 Å². The molecule has 0 spiro atoms. The number of hydrogen-bond donors (Lipinski definition) is 2. The Balaban J connectivity index is 0.000000227. The molecule has 0 bridgehead atoms. The largest absolute Gasteiger partial charge is 0.421 e. The smallest absolute Gasteiger partial charge is 0.408 e. The van der Waals surface area contributed by atoms with Crippen LogP contribution in [0.2, 0.25) is 0 Å². The van der Waals surface area contributed by atoms with E-state index in [1.165, 1.54) is 0 Å². The van der Waals surface area contributed by atoms with E-state index >= 15 is 0 Å². The van der Waals surface area contributed by atoms with E-state index < -0.39 is 15.2 Å². The number of hydrogen-bond acceptors (Lipinski definition) is 4. The number of para-hydroxylation sites is 2. The van der Waals surface area contributed by atoms with E-state index in [1.807, 2.05) is 12.1 Å². The zero-order chi connectivity index (χ0) is 22.9. The average molecular weight is 486 g/mol. The zero-order valence-electron chi connectivity index (χ0n) is 17.5. The van der Waals surface area contributed by atoms with Crippen LogP contribution in [0.5, 0.6) is 11.5 Å². The summed E-state index contributed by atoms with van der Waals surface area (Å²) in [5.74, 6) is 0.773. The Morgan fingerprint density at radius 3 is 0.970 bits per heavy atom. The minimum absolute atomic E-state index is 0. The quantitative estimate of drug-likeness (QED) is 0.391. The molecule has 9 heteroatoms. The summed E-state index contributed by atoms with van der Waals surface area (Å²) in [4.78, 5) is 19.5.